The van der Waals surface area contributed by atoms with E-state index in [1.54, 1.807) is 23.8 Å². The van der Waals surface area contributed by atoms with Gasteiger partial charge in [0.1, 0.15) is 6.34 Å². The predicted octanol–water partition coefficient (Wildman–Crippen LogP) is 2.69. The summed E-state index contributed by atoms with van der Waals surface area (Å²) < 4.78 is 25.3. The van der Waals surface area contributed by atoms with E-state index in [0.29, 0.717) is 5.02 Å². The number of aryl methyl sites for hydroxylation is 1. The normalized spacial score (nSPS) is 12.3. The topological polar surface area (TPSA) is 53.0 Å². The molecule has 5 nitrogen and oxygen atoms in total. The van der Waals surface area contributed by atoms with Gasteiger partial charge >= 0.3 is 0 Å². The van der Waals surface area contributed by atoms with Crippen molar-refractivity contribution < 1.29 is 8.42 Å². The second-order valence-electron chi connectivity index (χ2n) is 3.98. The molecule has 0 N–H and O–H groups in total. The fourth-order valence-corrected chi connectivity index (χ4v) is 2.65. The lowest BCUT2D eigenvalue weighted by Crippen LogP contribution is -2.23. The number of halogens is 1. The fourth-order valence-electron chi connectivity index (χ4n) is 1.17. The molecule has 1 aromatic rings. The highest BCUT2D eigenvalue weighted by atomic mass is 35.5. The number of rotatable bonds is 5. The van der Waals surface area contributed by atoms with Crippen LogP contribution in [-0.2, 0) is 10.0 Å². The smallest absolute Gasteiger partial charge is 0.221 e. The molecule has 0 aliphatic rings. The van der Waals surface area contributed by atoms with Crippen molar-refractivity contribution >= 4 is 45.8 Å². The lowest BCUT2D eigenvalue weighted by molar-refractivity contribution is 0.568. The highest BCUT2D eigenvalue weighted by Gasteiger charge is 2.13. The van der Waals surface area contributed by atoms with E-state index in [0.717, 1.165) is 33.4 Å². The van der Waals surface area contributed by atoms with Gasteiger partial charge in [0.15, 0.2) is 0 Å². The number of nitrogens with zero attached hydrogens (tertiary/aromatic N) is 3. The van der Waals surface area contributed by atoms with Gasteiger partial charge in [0, 0.05) is 19.1 Å². The molecule has 0 aromatic heterocycles. The van der Waals surface area contributed by atoms with E-state index in [9.17, 15) is 8.42 Å². The zero-order valence-electron chi connectivity index (χ0n) is 11.2. The van der Waals surface area contributed by atoms with Crippen molar-refractivity contribution in [2.24, 2.45) is 4.99 Å². The first kappa shape index (κ1) is 16.3. The molecule has 0 saturated heterocycles. The molecule has 0 spiro atoms. The summed E-state index contributed by atoms with van der Waals surface area (Å²) in [6.45, 7) is 1.91. The first-order valence-electron chi connectivity index (χ1n) is 5.35. The zero-order valence-corrected chi connectivity index (χ0v) is 13.6. The second-order valence-corrected chi connectivity index (χ2v) is 7.94. The Kier molecular flexibility index (Phi) is 5.66. The molecule has 0 unspecified atom stereocenters. The lowest BCUT2D eigenvalue weighted by Gasteiger charge is -2.18. The van der Waals surface area contributed by atoms with Gasteiger partial charge in [-0.15, -0.1) is 3.71 Å². The summed E-state index contributed by atoms with van der Waals surface area (Å²) in [7, 11) is -0.0118. The number of benzene rings is 1. The zero-order chi connectivity index (χ0) is 14.6. The van der Waals surface area contributed by atoms with E-state index < -0.39 is 10.0 Å². The van der Waals surface area contributed by atoms with Crippen LogP contribution >= 0.6 is 23.7 Å². The van der Waals surface area contributed by atoms with E-state index in [2.05, 4.69) is 4.99 Å². The summed E-state index contributed by atoms with van der Waals surface area (Å²) in [5.74, 6) is 0. The molecular formula is C11H16ClN3O2S2. The van der Waals surface area contributed by atoms with Crippen molar-refractivity contribution in [1.29, 1.82) is 0 Å². The minimum Gasteiger partial charge on any atom is -0.296 e. The van der Waals surface area contributed by atoms with E-state index in [-0.39, 0.29) is 0 Å². The predicted molar refractivity (Wildman–Crippen MR) is 82.3 cm³/mol. The summed E-state index contributed by atoms with van der Waals surface area (Å²) in [5, 5.41) is 0.663. The largest absolute Gasteiger partial charge is 0.296 e. The van der Waals surface area contributed by atoms with Crippen molar-refractivity contribution in [3.63, 3.8) is 0 Å². The van der Waals surface area contributed by atoms with Crippen molar-refractivity contribution in [2.75, 3.05) is 20.4 Å². The maximum atomic E-state index is 11.3. The van der Waals surface area contributed by atoms with Crippen LogP contribution in [-0.4, -0.2) is 43.1 Å². The van der Waals surface area contributed by atoms with Gasteiger partial charge in [0.2, 0.25) is 10.0 Å². The molecule has 0 bridgehead atoms. The van der Waals surface area contributed by atoms with Crippen molar-refractivity contribution in [1.82, 2.24) is 8.02 Å². The first-order valence-corrected chi connectivity index (χ1v) is 8.31. The molecule has 0 atom stereocenters. The summed E-state index contributed by atoms with van der Waals surface area (Å²) in [6, 6.07) is 5.40. The van der Waals surface area contributed by atoms with Crippen LogP contribution in [0.2, 0.25) is 5.02 Å². The van der Waals surface area contributed by atoms with E-state index in [1.807, 2.05) is 19.1 Å². The van der Waals surface area contributed by atoms with Gasteiger partial charge in [0.25, 0.3) is 0 Å². The molecule has 1 rings (SSSR count). The Morgan fingerprint density at radius 2 is 2.00 bits per heavy atom. The van der Waals surface area contributed by atoms with Gasteiger partial charge in [0.05, 0.1) is 24.1 Å². The SMILES string of the molecule is Cc1cc(Cl)ccc1N=CN(C)SN(C)S(C)(=O)=O. The van der Waals surface area contributed by atoms with Crippen LogP contribution < -0.4 is 0 Å². The molecule has 0 saturated carbocycles. The van der Waals surface area contributed by atoms with E-state index >= 15 is 0 Å². The van der Waals surface area contributed by atoms with Crippen molar-refractivity contribution in [3.05, 3.63) is 28.8 Å². The summed E-state index contributed by atoms with van der Waals surface area (Å²) in [4.78, 5) is 4.28. The molecule has 0 radical (unpaired) electrons. The Bertz CT molecular complexity index is 575. The van der Waals surface area contributed by atoms with Crippen LogP contribution in [0.15, 0.2) is 23.2 Å². The fraction of sp³-hybridized carbons (Fsp3) is 0.364. The summed E-state index contributed by atoms with van der Waals surface area (Å²) >= 11 is 6.90. The average Bonchev–Trinajstić information content (AvgIpc) is 2.26. The molecule has 0 amide bonds. The van der Waals surface area contributed by atoms with Crippen molar-refractivity contribution in [3.8, 4) is 0 Å². The van der Waals surface area contributed by atoms with Gasteiger partial charge in [-0.25, -0.2) is 13.4 Å². The van der Waals surface area contributed by atoms with Crippen LogP contribution in [0.25, 0.3) is 0 Å². The third-order valence-electron chi connectivity index (χ3n) is 2.23. The maximum absolute atomic E-state index is 11.3. The molecule has 106 valence electrons. The number of aliphatic imine (C=N–C) groups is 1. The molecule has 0 fully saturated rings. The minimum atomic E-state index is -3.22. The number of sulfonamides is 1. The van der Waals surface area contributed by atoms with Gasteiger partial charge < -0.3 is 0 Å². The molecule has 19 heavy (non-hydrogen) atoms. The van der Waals surface area contributed by atoms with Crippen LogP contribution in [0, 0.1) is 6.92 Å². The van der Waals surface area contributed by atoms with Crippen LogP contribution in [0.4, 0.5) is 5.69 Å². The van der Waals surface area contributed by atoms with Crippen LogP contribution in [0.5, 0.6) is 0 Å². The highest BCUT2D eigenvalue weighted by molar-refractivity contribution is 8.07. The molecular weight excluding hydrogens is 306 g/mol. The third-order valence-corrected chi connectivity index (χ3v) is 4.99. The molecule has 0 aliphatic heterocycles. The Labute approximate surface area is 123 Å². The summed E-state index contributed by atoms with van der Waals surface area (Å²) in [5.41, 5.74) is 1.75. The van der Waals surface area contributed by atoms with Crippen LogP contribution in [0.3, 0.4) is 0 Å². The van der Waals surface area contributed by atoms with E-state index in [1.165, 1.54) is 7.05 Å². The van der Waals surface area contributed by atoms with Crippen molar-refractivity contribution in [2.45, 2.75) is 6.92 Å². The average molecular weight is 322 g/mol. The first-order chi connectivity index (χ1) is 8.70. The van der Waals surface area contributed by atoms with Crippen LogP contribution in [0.1, 0.15) is 5.56 Å². The second kappa shape index (κ2) is 6.60. The van der Waals surface area contributed by atoms with E-state index in [4.69, 9.17) is 11.6 Å². The maximum Gasteiger partial charge on any atom is 0.221 e. The standard InChI is InChI=1S/C11H16ClN3O2S2/c1-9-7-10(12)5-6-11(9)13-8-14(2)18-15(3)19(4,16)17/h5-8H,1-4H3. The third kappa shape index (κ3) is 5.40. The molecule has 0 heterocycles. The van der Waals surface area contributed by atoms with Gasteiger partial charge in [-0.05, 0) is 30.7 Å². The monoisotopic (exact) mass is 321 g/mol. The molecule has 1 aromatic carbocycles. The Morgan fingerprint density at radius 3 is 2.53 bits per heavy atom. The quantitative estimate of drug-likeness (QED) is 0.475. The van der Waals surface area contributed by atoms with Gasteiger partial charge in [-0.3, -0.25) is 4.31 Å². The van der Waals surface area contributed by atoms with Gasteiger partial charge in [-0.2, -0.15) is 0 Å². The summed E-state index contributed by atoms with van der Waals surface area (Å²) in [6.07, 6.45) is 2.71. The molecule has 8 heteroatoms. The minimum absolute atomic E-state index is 0.663. The molecule has 0 aliphatic carbocycles. The highest BCUT2D eigenvalue weighted by Crippen LogP contribution is 2.22. The van der Waals surface area contributed by atoms with Gasteiger partial charge in [-0.1, -0.05) is 11.6 Å². The Balaban J connectivity index is 2.71. The Hall–Kier alpha value is -0.760. The Morgan fingerprint density at radius 1 is 1.37 bits per heavy atom. The number of hydrogen-bond donors (Lipinski definition) is 0. The lowest BCUT2D eigenvalue weighted by atomic mass is 10.2. The number of hydrogen-bond acceptors (Lipinski definition) is 4.